The average Bonchev–Trinajstić information content (AvgIpc) is 3.05. The molecule has 0 bridgehead atoms. The SMILES string of the molecule is Cc1nc(C2CCCCCN2C(=O)c2cc(C(C)C)nn2C)no1. The fourth-order valence-electron chi connectivity index (χ4n) is 3.19. The van der Waals surface area contributed by atoms with Crippen LogP contribution in [0.5, 0.6) is 0 Å². The van der Waals surface area contributed by atoms with Crippen LogP contribution in [-0.2, 0) is 7.05 Å². The van der Waals surface area contributed by atoms with Crippen LogP contribution in [0, 0.1) is 6.92 Å². The van der Waals surface area contributed by atoms with Crippen LogP contribution in [0.4, 0.5) is 0 Å². The summed E-state index contributed by atoms with van der Waals surface area (Å²) in [4.78, 5) is 19.4. The van der Waals surface area contributed by atoms with E-state index in [4.69, 9.17) is 4.52 Å². The molecule has 1 saturated heterocycles. The van der Waals surface area contributed by atoms with E-state index in [-0.39, 0.29) is 17.9 Å². The normalized spacial score (nSPS) is 18.9. The Bertz CT molecular complexity index is 718. The summed E-state index contributed by atoms with van der Waals surface area (Å²) in [5.41, 5.74) is 1.55. The largest absolute Gasteiger partial charge is 0.340 e. The first kappa shape index (κ1) is 16.7. The van der Waals surface area contributed by atoms with Gasteiger partial charge in [-0.15, -0.1) is 0 Å². The number of aromatic nitrogens is 4. The van der Waals surface area contributed by atoms with Crippen LogP contribution in [0.3, 0.4) is 0 Å². The van der Waals surface area contributed by atoms with Gasteiger partial charge in [-0.1, -0.05) is 31.8 Å². The van der Waals surface area contributed by atoms with E-state index < -0.39 is 0 Å². The second-order valence-corrected chi connectivity index (χ2v) is 6.77. The zero-order valence-electron chi connectivity index (χ0n) is 14.8. The van der Waals surface area contributed by atoms with E-state index in [1.54, 1.807) is 11.6 Å². The smallest absolute Gasteiger partial charge is 0.272 e. The standard InChI is InChI=1S/C17H25N5O2/c1-11(2)13-10-15(21(4)19-13)17(23)22-9-7-5-6-8-14(22)16-18-12(3)24-20-16/h10-11,14H,5-9H2,1-4H3. The summed E-state index contributed by atoms with van der Waals surface area (Å²) < 4.78 is 6.82. The van der Waals surface area contributed by atoms with Gasteiger partial charge in [0.2, 0.25) is 5.89 Å². The minimum absolute atomic E-state index is 0.00810. The summed E-state index contributed by atoms with van der Waals surface area (Å²) in [6, 6.07) is 1.77. The molecule has 0 spiro atoms. The van der Waals surface area contributed by atoms with Crippen molar-refractivity contribution in [2.45, 2.75) is 58.4 Å². The van der Waals surface area contributed by atoms with Crippen LogP contribution in [0.1, 0.15) is 79.4 Å². The van der Waals surface area contributed by atoms with Crippen molar-refractivity contribution in [2.24, 2.45) is 7.05 Å². The van der Waals surface area contributed by atoms with Crippen molar-refractivity contribution in [3.05, 3.63) is 29.2 Å². The van der Waals surface area contributed by atoms with Gasteiger partial charge in [-0.2, -0.15) is 10.1 Å². The molecule has 1 unspecified atom stereocenters. The van der Waals surface area contributed by atoms with E-state index in [2.05, 4.69) is 29.1 Å². The first-order chi connectivity index (χ1) is 11.5. The van der Waals surface area contributed by atoms with Gasteiger partial charge in [0.15, 0.2) is 5.82 Å². The molecule has 3 heterocycles. The number of likely N-dealkylation sites (tertiary alicyclic amines) is 1. The monoisotopic (exact) mass is 331 g/mol. The highest BCUT2D eigenvalue weighted by molar-refractivity contribution is 5.93. The van der Waals surface area contributed by atoms with E-state index in [1.807, 2.05) is 18.0 Å². The molecule has 1 atom stereocenters. The molecular weight excluding hydrogens is 306 g/mol. The molecule has 2 aromatic rings. The zero-order chi connectivity index (χ0) is 17.3. The Kier molecular flexibility index (Phi) is 4.69. The van der Waals surface area contributed by atoms with Crippen LogP contribution in [-0.4, -0.2) is 37.3 Å². The lowest BCUT2D eigenvalue weighted by atomic mass is 10.1. The lowest BCUT2D eigenvalue weighted by Crippen LogP contribution is -2.36. The Morgan fingerprint density at radius 2 is 2.12 bits per heavy atom. The molecule has 130 valence electrons. The van der Waals surface area contributed by atoms with Crippen molar-refractivity contribution >= 4 is 5.91 Å². The fourth-order valence-corrected chi connectivity index (χ4v) is 3.19. The predicted molar refractivity (Wildman–Crippen MR) is 88.6 cm³/mol. The molecule has 1 amide bonds. The highest BCUT2D eigenvalue weighted by Crippen LogP contribution is 2.30. The number of amides is 1. The van der Waals surface area contributed by atoms with Gasteiger partial charge in [-0.3, -0.25) is 9.48 Å². The van der Waals surface area contributed by atoms with E-state index in [1.165, 1.54) is 0 Å². The number of carbonyl (C=O) groups is 1. The second kappa shape index (κ2) is 6.75. The van der Waals surface area contributed by atoms with E-state index in [0.29, 0.717) is 24.0 Å². The van der Waals surface area contributed by atoms with Crippen molar-refractivity contribution < 1.29 is 9.32 Å². The van der Waals surface area contributed by atoms with Crippen molar-refractivity contribution in [1.82, 2.24) is 24.8 Å². The van der Waals surface area contributed by atoms with Gasteiger partial charge < -0.3 is 9.42 Å². The number of carbonyl (C=O) groups excluding carboxylic acids is 1. The Labute approximate surface area is 142 Å². The molecule has 0 saturated carbocycles. The van der Waals surface area contributed by atoms with Gasteiger partial charge >= 0.3 is 0 Å². The summed E-state index contributed by atoms with van der Waals surface area (Å²) >= 11 is 0. The van der Waals surface area contributed by atoms with Crippen LogP contribution in [0.2, 0.25) is 0 Å². The molecule has 2 aromatic heterocycles. The molecule has 7 heteroatoms. The van der Waals surface area contributed by atoms with E-state index in [0.717, 1.165) is 31.4 Å². The van der Waals surface area contributed by atoms with Crippen molar-refractivity contribution in [3.8, 4) is 0 Å². The van der Waals surface area contributed by atoms with Crippen LogP contribution < -0.4 is 0 Å². The molecule has 3 rings (SSSR count). The summed E-state index contributed by atoms with van der Waals surface area (Å²) in [5.74, 6) is 1.42. The van der Waals surface area contributed by atoms with Crippen molar-refractivity contribution in [1.29, 1.82) is 0 Å². The van der Waals surface area contributed by atoms with Crippen LogP contribution in [0.15, 0.2) is 10.6 Å². The molecule has 0 aliphatic carbocycles. The average molecular weight is 331 g/mol. The van der Waals surface area contributed by atoms with Crippen LogP contribution >= 0.6 is 0 Å². The first-order valence-electron chi connectivity index (χ1n) is 8.62. The maximum Gasteiger partial charge on any atom is 0.272 e. The number of nitrogens with zero attached hydrogens (tertiary/aromatic N) is 5. The lowest BCUT2D eigenvalue weighted by Gasteiger charge is -2.27. The lowest BCUT2D eigenvalue weighted by molar-refractivity contribution is 0.0659. The zero-order valence-corrected chi connectivity index (χ0v) is 14.8. The van der Waals surface area contributed by atoms with E-state index in [9.17, 15) is 4.79 Å². The summed E-state index contributed by atoms with van der Waals surface area (Å²) in [7, 11) is 1.82. The molecular formula is C17H25N5O2. The number of rotatable bonds is 3. The Balaban J connectivity index is 1.92. The summed E-state index contributed by atoms with van der Waals surface area (Å²) in [6.07, 6.45) is 4.03. The van der Waals surface area contributed by atoms with Gasteiger partial charge in [-0.05, 0) is 24.8 Å². The van der Waals surface area contributed by atoms with Crippen molar-refractivity contribution in [3.63, 3.8) is 0 Å². The summed E-state index contributed by atoms with van der Waals surface area (Å²) in [6.45, 7) is 6.63. The summed E-state index contributed by atoms with van der Waals surface area (Å²) in [5, 5.41) is 8.53. The minimum Gasteiger partial charge on any atom is -0.340 e. The van der Waals surface area contributed by atoms with Crippen LogP contribution in [0.25, 0.3) is 0 Å². The van der Waals surface area contributed by atoms with Crippen molar-refractivity contribution in [2.75, 3.05) is 6.54 Å². The Morgan fingerprint density at radius 3 is 2.75 bits per heavy atom. The highest BCUT2D eigenvalue weighted by Gasteiger charge is 2.32. The quantitative estimate of drug-likeness (QED) is 0.864. The van der Waals surface area contributed by atoms with Gasteiger partial charge in [0, 0.05) is 20.5 Å². The van der Waals surface area contributed by atoms with E-state index >= 15 is 0 Å². The molecule has 1 aliphatic rings. The molecule has 0 N–H and O–H groups in total. The first-order valence-corrected chi connectivity index (χ1v) is 8.62. The third-order valence-corrected chi connectivity index (χ3v) is 4.56. The Hall–Kier alpha value is -2.18. The molecule has 24 heavy (non-hydrogen) atoms. The van der Waals surface area contributed by atoms with Gasteiger partial charge in [0.1, 0.15) is 5.69 Å². The van der Waals surface area contributed by atoms with Gasteiger partial charge in [0.05, 0.1) is 11.7 Å². The molecule has 7 nitrogen and oxygen atoms in total. The number of hydrogen-bond donors (Lipinski definition) is 0. The number of aryl methyl sites for hydroxylation is 2. The van der Waals surface area contributed by atoms with Gasteiger partial charge in [-0.25, -0.2) is 0 Å². The second-order valence-electron chi connectivity index (χ2n) is 6.77. The minimum atomic E-state index is -0.130. The maximum absolute atomic E-state index is 13.2. The number of hydrogen-bond acceptors (Lipinski definition) is 5. The third kappa shape index (κ3) is 3.20. The maximum atomic E-state index is 13.2. The third-order valence-electron chi connectivity index (χ3n) is 4.56. The fraction of sp³-hybridized carbons (Fsp3) is 0.647. The molecule has 0 aromatic carbocycles. The topological polar surface area (TPSA) is 77.1 Å². The highest BCUT2D eigenvalue weighted by atomic mass is 16.5. The molecule has 0 radical (unpaired) electrons. The van der Waals surface area contributed by atoms with Gasteiger partial charge in [0.25, 0.3) is 5.91 Å². The molecule has 1 fully saturated rings. The Morgan fingerprint density at radius 1 is 1.33 bits per heavy atom. The predicted octanol–water partition coefficient (Wildman–Crippen LogP) is 2.99. The molecule has 1 aliphatic heterocycles.